The number of alkyl halides is 3. The number of rotatable bonds is 6. The van der Waals surface area contributed by atoms with Crippen LogP contribution in [0, 0.1) is 10.1 Å². The number of aromatic nitrogens is 1. The van der Waals surface area contributed by atoms with Crippen LogP contribution in [0.2, 0.25) is 0 Å². The zero-order valence-corrected chi connectivity index (χ0v) is 16.8. The summed E-state index contributed by atoms with van der Waals surface area (Å²) >= 11 is 0. The Bertz CT molecular complexity index is 1290. The molecule has 0 aliphatic carbocycles. The average molecular weight is 468 g/mol. The quantitative estimate of drug-likeness (QED) is 0.218. The van der Waals surface area contributed by atoms with Crippen LogP contribution in [0.25, 0.3) is 10.9 Å². The highest BCUT2D eigenvalue weighted by molar-refractivity contribution is 7.92. The molecule has 3 rings (SSSR count). The van der Waals surface area contributed by atoms with Crippen molar-refractivity contribution in [3.63, 3.8) is 0 Å². The van der Waals surface area contributed by atoms with Crippen LogP contribution in [0.3, 0.4) is 0 Å². The van der Waals surface area contributed by atoms with E-state index in [2.05, 4.69) is 20.1 Å². The van der Waals surface area contributed by atoms with Crippen LogP contribution in [0.4, 0.5) is 18.9 Å². The summed E-state index contributed by atoms with van der Waals surface area (Å²) in [5, 5.41) is 15.3. The molecule has 0 atom stereocenters. The number of anilines is 1. The Morgan fingerprint density at radius 2 is 1.81 bits per heavy atom. The van der Waals surface area contributed by atoms with Crippen LogP contribution in [0.1, 0.15) is 11.3 Å². The maximum absolute atomic E-state index is 12.7. The van der Waals surface area contributed by atoms with Gasteiger partial charge in [-0.1, -0.05) is 18.2 Å². The maximum Gasteiger partial charge on any atom is 0.416 e. The Balaban J connectivity index is 1.88. The number of guanidine groups is 1. The Morgan fingerprint density at radius 3 is 2.44 bits per heavy atom. The highest BCUT2D eigenvalue weighted by Crippen LogP contribution is 2.30. The lowest BCUT2D eigenvalue weighted by molar-refractivity contribution is -0.485. The summed E-state index contributed by atoms with van der Waals surface area (Å²) in [6.45, 7) is -0.0287. The molecular formula is C18H15F3N6O4S. The molecule has 2 aromatic carbocycles. The van der Waals surface area contributed by atoms with Gasteiger partial charge in [0.2, 0.25) is 0 Å². The van der Waals surface area contributed by atoms with Crippen LogP contribution in [0.15, 0.2) is 64.6 Å². The number of fused-ring (bicyclic) bond motifs is 1. The molecule has 1 aromatic heterocycles. The molecule has 0 saturated heterocycles. The van der Waals surface area contributed by atoms with Crippen molar-refractivity contribution in [2.75, 3.05) is 4.72 Å². The van der Waals surface area contributed by atoms with Gasteiger partial charge in [-0.2, -0.15) is 13.2 Å². The standard InChI is InChI=1S/C18H15F3N6O4S/c19-18(20,21)12-5-8-14(9-6-12)32(30,31)26-15-3-1-2-11-4-7-13(24-16(11)15)10-23-17(22)25-27(28)29/h1-9,26H,10H2,(H3,22,23,25). The van der Waals surface area contributed by atoms with E-state index >= 15 is 0 Å². The Kier molecular flexibility index (Phi) is 6.16. The van der Waals surface area contributed by atoms with Crippen molar-refractivity contribution in [3.05, 3.63) is 76.0 Å². The fourth-order valence-electron chi connectivity index (χ4n) is 2.70. The van der Waals surface area contributed by atoms with Gasteiger partial charge in [0.25, 0.3) is 16.0 Å². The highest BCUT2D eigenvalue weighted by Gasteiger charge is 2.30. The first-order valence-electron chi connectivity index (χ1n) is 8.77. The second-order valence-electron chi connectivity index (χ2n) is 6.38. The highest BCUT2D eigenvalue weighted by atomic mass is 32.2. The first-order chi connectivity index (χ1) is 15.0. The summed E-state index contributed by atoms with van der Waals surface area (Å²) in [5.74, 6) is -0.437. The lowest BCUT2D eigenvalue weighted by Gasteiger charge is -2.12. The number of hydrogen-bond acceptors (Lipinski definition) is 5. The third kappa shape index (κ3) is 5.40. The van der Waals surface area contributed by atoms with E-state index in [-0.39, 0.29) is 22.6 Å². The fraction of sp³-hybridized carbons (Fsp3) is 0.111. The molecule has 0 fully saturated rings. The third-order valence-electron chi connectivity index (χ3n) is 4.15. The van der Waals surface area contributed by atoms with Crippen LogP contribution in [-0.4, -0.2) is 24.4 Å². The van der Waals surface area contributed by atoms with Crippen molar-refractivity contribution >= 4 is 32.6 Å². The zero-order chi connectivity index (χ0) is 23.5. The molecule has 3 aromatic rings. The van der Waals surface area contributed by atoms with Crippen LogP contribution in [-0.2, 0) is 22.7 Å². The van der Waals surface area contributed by atoms with Crippen molar-refractivity contribution < 1.29 is 26.6 Å². The molecule has 14 heteroatoms. The van der Waals surface area contributed by atoms with E-state index in [4.69, 9.17) is 5.73 Å². The molecule has 1 heterocycles. The number of nitro groups is 1. The fourth-order valence-corrected chi connectivity index (χ4v) is 3.77. The van der Waals surface area contributed by atoms with E-state index in [1.807, 2.05) is 0 Å². The van der Waals surface area contributed by atoms with E-state index < -0.39 is 32.8 Å². The van der Waals surface area contributed by atoms with Crippen molar-refractivity contribution in [1.82, 2.24) is 10.3 Å². The molecule has 0 bridgehead atoms. The van der Waals surface area contributed by atoms with E-state index in [9.17, 15) is 31.7 Å². The van der Waals surface area contributed by atoms with Gasteiger partial charge in [-0.15, -0.1) is 0 Å². The van der Waals surface area contributed by atoms with E-state index in [0.29, 0.717) is 23.2 Å². The Hall–Kier alpha value is -3.94. The lowest BCUT2D eigenvalue weighted by atomic mass is 10.2. The van der Waals surface area contributed by atoms with E-state index in [0.717, 1.165) is 12.1 Å². The predicted octanol–water partition coefficient (Wildman–Crippen LogP) is 2.65. The first kappa shape index (κ1) is 22.7. The van der Waals surface area contributed by atoms with Gasteiger partial charge in [-0.25, -0.2) is 23.5 Å². The van der Waals surface area contributed by atoms with Gasteiger partial charge in [0.15, 0.2) is 5.03 Å². The van der Waals surface area contributed by atoms with Gasteiger partial charge in [0, 0.05) is 5.39 Å². The molecule has 0 amide bonds. The van der Waals surface area contributed by atoms with Crippen molar-refractivity contribution in [2.45, 2.75) is 17.6 Å². The lowest BCUT2D eigenvalue weighted by Crippen LogP contribution is -2.32. The number of para-hydroxylation sites is 1. The monoisotopic (exact) mass is 468 g/mol. The van der Waals surface area contributed by atoms with E-state index in [1.165, 1.54) is 6.07 Å². The summed E-state index contributed by atoms with van der Waals surface area (Å²) < 4.78 is 65.9. The van der Waals surface area contributed by atoms with Crippen LogP contribution < -0.4 is 15.8 Å². The zero-order valence-electron chi connectivity index (χ0n) is 16.0. The number of nitrogens with one attached hydrogen (secondary N) is 2. The topological polar surface area (TPSA) is 153 Å². The van der Waals surface area contributed by atoms with Crippen LogP contribution >= 0.6 is 0 Å². The number of pyridine rings is 1. The number of nitrogens with zero attached hydrogens (tertiary/aromatic N) is 3. The molecular weight excluding hydrogens is 453 g/mol. The second kappa shape index (κ2) is 8.66. The maximum atomic E-state index is 12.7. The molecule has 32 heavy (non-hydrogen) atoms. The normalized spacial score (nSPS) is 12.5. The van der Waals surface area contributed by atoms with Gasteiger partial charge in [-0.05, 0) is 36.4 Å². The number of benzene rings is 2. The van der Waals surface area contributed by atoms with Crippen molar-refractivity contribution in [1.29, 1.82) is 0 Å². The molecule has 0 saturated carbocycles. The molecule has 0 unspecified atom stereocenters. The first-order valence-corrected chi connectivity index (χ1v) is 10.2. The smallest absolute Gasteiger partial charge is 0.365 e. The third-order valence-corrected chi connectivity index (χ3v) is 5.54. The molecule has 0 aliphatic rings. The predicted molar refractivity (Wildman–Crippen MR) is 109 cm³/mol. The molecule has 168 valence electrons. The number of halogens is 3. The molecule has 0 radical (unpaired) electrons. The number of sulfonamides is 1. The van der Waals surface area contributed by atoms with Gasteiger partial charge < -0.3 is 11.1 Å². The average Bonchev–Trinajstić information content (AvgIpc) is 2.71. The summed E-state index contributed by atoms with van der Waals surface area (Å²) in [6.07, 6.45) is -4.59. The second-order valence-corrected chi connectivity index (χ2v) is 8.07. The van der Waals surface area contributed by atoms with Gasteiger partial charge in [0.1, 0.15) is 5.10 Å². The summed E-state index contributed by atoms with van der Waals surface area (Å²) in [5.41, 5.74) is 5.11. The van der Waals surface area contributed by atoms with Crippen LogP contribution in [0.5, 0.6) is 0 Å². The number of hydrogen-bond donors (Lipinski definition) is 3. The van der Waals surface area contributed by atoms with Crippen molar-refractivity contribution in [3.8, 4) is 0 Å². The minimum Gasteiger partial charge on any atom is -0.365 e. The molecule has 4 N–H and O–H groups in total. The van der Waals surface area contributed by atoms with Gasteiger partial charge >= 0.3 is 6.18 Å². The molecule has 0 spiro atoms. The molecule has 0 aliphatic heterocycles. The summed E-state index contributed by atoms with van der Waals surface area (Å²) in [4.78, 5) is 14.3. The Labute approximate surface area is 179 Å². The number of nitrogens with two attached hydrogens (primary N) is 1. The number of hydrazone groups is 1. The Morgan fingerprint density at radius 1 is 1.12 bits per heavy atom. The SMILES string of the molecule is N/C(=N/[N+](=O)[O-])NCc1ccc2cccc(NS(=O)(=O)c3ccc(C(F)(F)F)cc3)c2n1. The summed E-state index contributed by atoms with van der Waals surface area (Å²) in [6, 6.07) is 11.0. The van der Waals surface area contributed by atoms with E-state index in [1.54, 1.807) is 24.3 Å². The summed E-state index contributed by atoms with van der Waals surface area (Å²) in [7, 11) is -4.21. The van der Waals surface area contributed by atoms with Gasteiger partial charge in [0.05, 0.1) is 33.9 Å². The van der Waals surface area contributed by atoms with Gasteiger partial charge in [-0.3, -0.25) is 4.72 Å². The minimum absolute atomic E-state index is 0.0287. The minimum atomic E-state index is -4.59. The largest absolute Gasteiger partial charge is 0.416 e. The molecule has 10 nitrogen and oxygen atoms in total. The van der Waals surface area contributed by atoms with Crippen molar-refractivity contribution in [2.24, 2.45) is 10.8 Å².